The van der Waals surface area contributed by atoms with Gasteiger partial charge in [-0.2, -0.15) is 0 Å². The van der Waals surface area contributed by atoms with Gasteiger partial charge in [-0.25, -0.2) is 4.39 Å². The van der Waals surface area contributed by atoms with Gasteiger partial charge in [0.05, 0.1) is 10.0 Å². The van der Waals surface area contributed by atoms with Gasteiger partial charge in [0.1, 0.15) is 0 Å². The van der Waals surface area contributed by atoms with Crippen LogP contribution in [0.3, 0.4) is 0 Å². The molecule has 1 fully saturated rings. The first-order valence-corrected chi connectivity index (χ1v) is 6.96. The molecule has 2 nitrogen and oxygen atoms in total. The summed E-state index contributed by atoms with van der Waals surface area (Å²) in [6.45, 7) is 3.21. The topological polar surface area (TPSA) is 24.1 Å². The summed E-state index contributed by atoms with van der Waals surface area (Å²) in [5.74, 6) is -0.561. The minimum absolute atomic E-state index is 0.0520. The Morgan fingerprint density at radius 1 is 1.44 bits per heavy atom. The summed E-state index contributed by atoms with van der Waals surface area (Å²) in [4.78, 5) is 0. The molecule has 2 unspecified atom stereocenters. The third kappa shape index (κ3) is 3.50. The fourth-order valence-electron chi connectivity index (χ4n) is 2.37. The van der Waals surface area contributed by atoms with Crippen molar-refractivity contribution in [1.29, 1.82) is 0 Å². The molecular weight excluding hydrogens is 274 g/mol. The van der Waals surface area contributed by atoms with E-state index < -0.39 is 5.82 Å². The van der Waals surface area contributed by atoms with E-state index in [1.807, 2.05) is 0 Å². The highest BCUT2D eigenvalue weighted by molar-refractivity contribution is 6.35. The molecule has 2 N–H and O–H groups in total. The second kappa shape index (κ2) is 6.09. The summed E-state index contributed by atoms with van der Waals surface area (Å²) in [7, 11) is 0. The second-order valence-electron chi connectivity index (χ2n) is 4.83. The van der Waals surface area contributed by atoms with E-state index in [0.29, 0.717) is 6.04 Å². The van der Waals surface area contributed by atoms with Crippen LogP contribution in [-0.4, -0.2) is 18.6 Å². The minimum atomic E-state index is -0.561. The molecule has 0 aliphatic carbocycles. The molecule has 1 heterocycles. The van der Waals surface area contributed by atoms with Crippen LogP contribution in [0.2, 0.25) is 10.0 Å². The first-order valence-electron chi connectivity index (χ1n) is 6.20. The van der Waals surface area contributed by atoms with Crippen molar-refractivity contribution in [2.24, 2.45) is 0 Å². The quantitative estimate of drug-likeness (QED) is 0.817. The monoisotopic (exact) mass is 290 g/mol. The molecule has 1 aliphatic heterocycles. The number of benzene rings is 1. The van der Waals surface area contributed by atoms with Gasteiger partial charge in [-0.15, -0.1) is 0 Å². The van der Waals surface area contributed by atoms with Gasteiger partial charge in [0.25, 0.3) is 0 Å². The molecule has 0 spiro atoms. The average molecular weight is 291 g/mol. The molecule has 18 heavy (non-hydrogen) atoms. The second-order valence-corrected chi connectivity index (χ2v) is 5.64. The highest BCUT2D eigenvalue weighted by Crippen LogP contribution is 2.28. The van der Waals surface area contributed by atoms with Crippen molar-refractivity contribution in [3.63, 3.8) is 0 Å². The molecular formula is C13H17Cl2FN2. The predicted molar refractivity (Wildman–Crippen MR) is 75.1 cm³/mol. The van der Waals surface area contributed by atoms with Gasteiger partial charge < -0.3 is 10.6 Å². The summed E-state index contributed by atoms with van der Waals surface area (Å²) in [5.41, 5.74) is 0.761. The molecule has 0 amide bonds. The molecule has 0 radical (unpaired) electrons. The van der Waals surface area contributed by atoms with Gasteiger partial charge in [0.2, 0.25) is 0 Å². The number of rotatable bonds is 4. The Kier molecular flexibility index (Phi) is 4.71. The van der Waals surface area contributed by atoms with Crippen LogP contribution in [0.15, 0.2) is 12.1 Å². The summed E-state index contributed by atoms with van der Waals surface area (Å²) in [5, 5.41) is 6.86. The van der Waals surface area contributed by atoms with E-state index in [2.05, 4.69) is 17.6 Å². The van der Waals surface area contributed by atoms with Crippen LogP contribution >= 0.6 is 23.2 Å². The lowest BCUT2D eigenvalue weighted by molar-refractivity contribution is 0.523. The van der Waals surface area contributed by atoms with Crippen molar-refractivity contribution in [3.05, 3.63) is 28.0 Å². The van der Waals surface area contributed by atoms with Crippen LogP contribution in [0.1, 0.15) is 26.2 Å². The lowest BCUT2D eigenvalue weighted by atomic mass is 10.1. The van der Waals surface area contributed by atoms with Crippen molar-refractivity contribution >= 4 is 28.9 Å². The number of hydrogen-bond acceptors (Lipinski definition) is 2. The largest absolute Gasteiger partial charge is 0.382 e. The molecule has 1 aliphatic rings. The van der Waals surface area contributed by atoms with Gasteiger partial charge in [-0.05, 0) is 44.9 Å². The van der Waals surface area contributed by atoms with Crippen molar-refractivity contribution < 1.29 is 4.39 Å². The number of halogens is 3. The molecule has 2 rings (SSSR count). The van der Waals surface area contributed by atoms with Crippen molar-refractivity contribution in [2.45, 2.75) is 38.3 Å². The van der Waals surface area contributed by atoms with Gasteiger partial charge in [0.15, 0.2) is 5.82 Å². The lowest BCUT2D eigenvalue weighted by Gasteiger charge is -2.19. The van der Waals surface area contributed by atoms with Crippen molar-refractivity contribution in [2.75, 3.05) is 11.9 Å². The SMILES string of the molecule is CC(CC1CCCN1)Nc1cc(Cl)c(F)c(Cl)c1. The van der Waals surface area contributed by atoms with E-state index in [1.165, 1.54) is 12.8 Å². The number of anilines is 1. The highest BCUT2D eigenvalue weighted by atomic mass is 35.5. The molecule has 0 aromatic heterocycles. The Labute approximate surface area is 117 Å². The standard InChI is InChI=1S/C13H17Cl2FN2/c1-8(5-9-3-2-4-17-9)18-10-6-11(14)13(16)12(15)7-10/h6-9,17-18H,2-5H2,1H3. The Bertz CT molecular complexity index is 396. The van der Waals surface area contributed by atoms with Crippen LogP contribution in [0.25, 0.3) is 0 Å². The molecule has 5 heteroatoms. The predicted octanol–water partition coefficient (Wildman–Crippen LogP) is 4.08. The fourth-order valence-corrected chi connectivity index (χ4v) is 2.85. The molecule has 100 valence electrons. The normalized spacial score (nSPS) is 21.0. The average Bonchev–Trinajstić information content (AvgIpc) is 2.78. The lowest BCUT2D eigenvalue weighted by Crippen LogP contribution is -2.29. The molecule has 0 saturated carbocycles. The van der Waals surface area contributed by atoms with Gasteiger partial charge in [-0.3, -0.25) is 0 Å². The van der Waals surface area contributed by atoms with E-state index >= 15 is 0 Å². The zero-order valence-electron chi connectivity index (χ0n) is 10.3. The molecule has 1 saturated heterocycles. The highest BCUT2D eigenvalue weighted by Gasteiger charge is 2.17. The maximum absolute atomic E-state index is 13.3. The van der Waals surface area contributed by atoms with Crippen LogP contribution in [0.4, 0.5) is 10.1 Å². The van der Waals surface area contributed by atoms with Crippen LogP contribution in [-0.2, 0) is 0 Å². The van der Waals surface area contributed by atoms with Crippen molar-refractivity contribution in [1.82, 2.24) is 5.32 Å². The summed E-state index contributed by atoms with van der Waals surface area (Å²) in [6, 6.07) is 4.00. The summed E-state index contributed by atoms with van der Waals surface area (Å²) < 4.78 is 13.3. The Hall–Kier alpha value is -0.510. The van der Waals surface area contributed by atoms with E-state index in [-0.39, 0.29) is 16.1 Å². The molecule has 1 aromatic rings. The van der Waals surface area contributed by atoms with E-state index in [4.69, 9.17) is 23.2 Å². The van der Waals surface area contributed by atoms with Gasteiger partial charge >= 0.3 is 0 Å². The zero-order chi connectivity index (χ0) is 13.1. The smallest absolute Gasteiger partial charge is 0.160 e. The minimum Gasteiger partial charge on any atom is -0.382 e. The maximum Gasteiger partial charge on any atom is 0.160 e. The molecule has 2 atom stereocenters. The Morgan fingerprint density at radius 2 is 2.11 bits per heavy atom. The number of hydrogen-bond donors (Lipinski definition) is 2. The van der Waals surface area contributed by atoms with Gasteiger partial charge in [-0.1, -0.05) is 23.2 Å². The molecule has 1 aromatic carbocycles. The van der Waals surface area contributed by atoms with E-state index in [0.717, 1.165) is 18.7 Å². The Morgan fingerprint density at radius 3 is 2.67 bits per heavy atom. The summed E-state index contributed by atoms with van der Waals surface area (Å²) >= 11 is 11.5. The zero-order valence-corrected chi connectivity index (χ0v) is 11.8. The van der Waals surface area contributed by atoms with Gasteiger partial charge in [0, 0.05) is 17.8 Å². The Balaban J connectivity index is 1.95. The van der Waals surface area contributed by atoms with Crippen LogP contribution < -0.4 is 10.6 Å². The number of nitrogens with one attached hydrogen (secondary N) is 2. The fraction of sp³-hybridized carbons (Fsp3) is 0.538. The third-order valence-electron chi connectivity index (χ3n) is 3.20. The summed E-state index contributed by atoms with van der Waals surface area (Å²) in [6.07, 6.45) is 3.50. The first-order chi connectivity index (χ1) is 8.56. The third-order valence-corrected chi connectivity index (χ3v) is 3.75. The van der Waals surface area contributed by atoms with Crippen LogP contribution in [0, 0.1) is 5.82 Å². The van der Waals surface area contributed by atoms with E-state index in [9.17, 15) is 4.39 Å². The van der Waals surface area contributed by atoms with Crippen LogP contribution in [0.5, 0.6) is 0 Å². The molecule has 0 bridgehead atoms. The first kappa shape index (κ1) is 13.9. The maximum atomic E-state index is 13.3. The van der Waals surface area contributed by atoms with E-state index in [1.54, 1.807) is 12.1 Å². The van der Waals surface area contributed by atoms with Crippen molar-refractivity contribution in [3.8, 4) is 0 Å².